The molecule has 6 nitrogen and oxygen atoms in total. The molecule has 130 valence electrons. The maximum atomic E-state index is 12.1. The van der Waals surface area contributed by atoms with Crippen LogP contribution >= 0.6 is 0 Å². The number of aromatic nitrogens is 2. The van der Waals surface area contributed by atoms with Crippen LogP contribution in [0.15, 0.2) is 54.9 Å². The Morgan fingerprint density at radius 1 is 1.20 bits per heavy atom. The minimum atomic E-state index is -0.567. The molecule has 0 spiro atoms. The number of ether oxygens (including phenoxy) is 2. The number of benzene rings is 1. The van der Waals surface area contributed by atoms with Gasteiger partial charge in [-0.3, -0.25) is 5.32 Å². The fraction of sp³-hybridized carbons (Fsp3) is 0.263. The van der Waals surface area contributed by atoms with Crippen molar-refractivity contribution in [1.29, 1.82) is 0 Å². The van der Waals surface area contributed by atoms with Crippen LogP contribution in [0.1, 0.15) is 26.3 Å². The van der Waals surface area contributed by atoms with E-state index in [0.717, 1.165) is 11.1 Å². The molecule has 1 aromatic carbocycles. The van der Waals surface area contributed by atoms with Crippen molar-refractivity contribution >= 4 is 17.3 Å². The van der Waals surface area contributed by atoms with Crippen LogP contribution in [0.5, 0.6) is 5.75 Å². The molecule has 0 bridgehead atoms. The summed E-state index contributed by atoms with van der Waals surface area (Å²) in [6.45, 7) is 5.89. The molecule has 6 heteroatoms. The molecule has 0 aliphatic heterocycles. The summed E-state index contributed by atoms with van der Waals surface area (Å²) in [6, 6.07) is 13.5. The molecular formula is C19H21N3O3. The van der Waals surface area contributed by atoms with Crippen LogP contribution in [0, 0.1) is 0 Å². The summed E-state index contributed by atoms with van der Waals surface area (Å²) in [5.41, 5.74) is 1.84. The molecule has 0 atom stereocenters. The summed E-state index contributed by atoms with van der Waals surface area (Å²) in [7, 11) is 0. The highest BCUT2D eigenvalue weighted by atomic mass is 16.6. The molecule has 0 aliphatic rings. The van der Waals surface area contributed by atoms with Gasteiger partial charge >= 0.3 is 6.09 Å². The van der Waals surface area contributed by atoms with Crippen molar-refractivity contribution in [1.82, 2.24) is 9.61 Å². The second kappa shape index (κ2) is 6.84. The Kier molecular flexibility index (Phi) is 4.61. The molecular weight excluding hydrogens is 318 g/mol. The molecule has 2 heterocycles. The first-order valence-electron chi connectivity index (χ1n) is 8.05. The summed E-state index contributed by atoms with van der Waals surface area (Å²) in [5, 5.41) is 6.99. The van der Waals surface area contributed by atoms with Gasteiger partial charge in [-0.15, -0.1) is 0 Å². The van der Waals surface area contributed by atoms with Crippen LogP contribution < -0.4 is 10.1 Å². The number of hydrogen-bond donors (Lipinski definition) is 1. The monoisotopic (exact) mass is 339 g/mol. The highest BCUT2D eigenvalue weighted by Crippen LogP contribution is 2.24. The first-order valence-corrected chi connectivity index (χ1v) is 8.05. The molecule has 0 radical (unpaired) electrons. The van der Waals surface area contributed by atoms with Crippen molar-refractivity contribution in [3.8, 4) is 5.75 Å². The van der Waals surface area contributed by atoms with Crippen LogP contribution in [-0.4, -0.2) is 21.3 Å². The molecule has 0 saturated carbocycles. The second-order valence-electron chi connectivity index (χ2n) is 6.65. The number of nitrogens with one attached hydrogen (secondary N) is 1. The zero-order valence-corrected chi connectivity index (χ0v) is 14.5. The lowest BCUT2D eigenvalue weighted by Crippen LogP contribution is -2.27. The van der Waals surface area contributed by atoms with Gasteiger partial charge in [-0.1, -0.05) is 30.3 Å². The Hall–Kier alpha value is -3.02. The third-order valence-electron chi connectivity index (χ3n) is 3.37. The smallest absolute Gasteiger partial charge is 0.412 e. The third-order valence-corrected chi connectivity index (χ3v) is 3.37. The number of hydrogen-bond acceptors (Lipinski definition) is 4. The van der Waals surface area contributed by atoms with Crippen LogP contribution in [0.2, 0.25) is 0 Å². The standard InChI is InChI=1S/C19H21N3O3/c1-19(2,3)25-18(23)21-16-11-15(12-22-17(16)9-10-20-22)24-13-14-7-5-4-6-8-14/h4-12H,13H2,1-3H3,(H,21,23). The van der Waals surface area contributed by atoms with Gasteiger partial charge < -0.3 is 9.47 Å². The van der Waals surface area contributed by atoms with Gasteiger partial charge in [0.1, 0.15) is 18.0 Å². The highest BCUT2D eigenvalue weighted by Gasteiger charge is 2.17. The van der Waals surface area contributed by atoms with Crippen molar-refractivity contribution < 1.29 is 14.3 Å². The van der Waals surface area contributed by atoms with E-state index in [1.807, 2.05) is 57.2 Å². The third kappa shape index (κ3) is 4.50. The van der Waals surface area contributed by atoms with Gasteiger partial charge in [0.05, 0.1) is 23.6 Å². The van der Waals surface area contributed by atoms with E-state index in [0.29, 0.717) is 18.0 Å². The maximum absolute atomic E-state index is 12.1. The molecule has 2 aromatic heterocycles. The van der Waals surface area contributed by atoms with Gasteiger partial charge in [0, 0.05) is 6.07 Å². The lowest BCUT2D eigenvalue weighted by molar-refractivity contribution is 0.0636. The van der Waals surface area contributed by atoms with Crippen molar-refractivity contribution in [2.24, 2.45) is 0 Å². The number of anilines is 1. The van der Waals surface area contributed by atoms with E-state index in [2.05, 4.69) is 10.4 Å². The topological polar surface area (TPSA) is 64.9 Å². The first-order chi connectivity index (χ1) is 11.9. The predicted octanol–water partition coefficient (Wildman–Crippen LogP) is 4.26. The number of rotatable bonds is 4. The lowest BCUT2D eigenvalue weighted by atomic mass is 10.2. The quantitative estimate of drug-likeness (QED) is 0.771. The van der Waals surface area contributed by atoms with E-state index in [-0.39, 0.29) is 0 Å². The van der Waals surface area contributed by atoms with Crippen LogP contribution in [0.4, 0.5) is 10.5 Å². The normalized spacial score (nSPS) is 11.3. The minimum absolute atomic E-state index is 0.430. The van der Waals surface area contributed by atoms with Crippen LogP contribution in [-0.2, 0) is 11.3 Å². The van der Waals surface area contributed by atoms with E-state index < -0.39 is 11.7 Å². The Morgan fingerprint density at radius 3 is 2.68 bits per heavy atom. The number of nitrogens with zero attached hydrogens (tertiary/aromatic N) is 2. The fourth-order valence-corrected chi connectivity index (χ4v) is 2.34. The van der Waals surface area contributed by atoms with E-state index in [1.54, 1.807) is 23.0 Å². The van der Waals surface area contributed by atoms with Gasteiger partial charge in [-0.2, -0.15) is 5.10 Å². The molecule has 0 aliphatic carbocycles. The molecule has 0 saturated heterocycles. The predicted molar refractivity (Wildman–Crippen MR) is 95.8 cm³/mol. The molecule has 3 rings (SSSR count). The van der Waals surface area contributed by atoms with Crippen molar-refractivity contribution in [2.45, 2.75) is 33.0 Å². The number of carbonyl (C=O) groups excluding carboxylic acids is 1. The van der Waals surface area contributed by atoms with Gasteiger partial charge in [-0.05, 0) is 32.4 Å². The summed E-state index contributed by atoms with van der Waals surface area (Å²) < 4.78 is 12.8. The van der Waals surface area contributed by atoms with E-state index in [1.165, 1.54) is 0 Å². The van der Waals surface area contributed by atoms with Gasteiger partial charge in [0.2, 0.25) is 0 Å². The average molecular weight is 339 g/mol. The molecule has 25 heavy (non-hydrogen) atoms. The second-order valence-corrected chi connectivity index (χ2v) is 6.65. The van der Waals surface area contributed by atoms with Gasteiger partial charge in [-0.25, -0.2) is 9.31 Å². The zero-order chi connectivity index (χ0) is 17.9. The molecule has 0 unspecified atom stereocenters. The molecule has 0 fully saturated rings. The lowest BCUT2D eigenvalue weighted by Gasteiger charge is -2.20. The SMILES string of the molecule is CC(C)(C)OC(=O)Nc1cc(OCc2ccccc2)cn2nccc12. The maximum Gasteiger partial charge on any atom is 0.412 e. The zero-order valence-electron chi connectivity index (χ0n) is 14.5. The average Bonchev–Trinajstić information content (AvgIpc) is 3.01. The van der Waals surface area contributed by atoms with Crippen molar-refractivity contribution in [2.75, 3.05) is 5.32 Å². The fourth-order valence-electron chi connectivity index (χ4n) is 2.34. The van der Waals surface area contributed by atoms with E-state index in [4.69, 9.17) is 9.47 Å². The minimum Gasteiger partial charge on any atom is -0.487 e. The molecule has 1 N–H and O–H groups in total. The van der Waals surface area contributed by atoms with E-state index in [9.17, 15) is 4.79 Å². The first kappa shape index (κ1) is 16.8. The number of amides is 1. The number of carbonyl (C=O) groups is 1. The van der Waals surface area contributed by atoms with Gasteiger partial charge in [0.25, 0.3) is 0 Å². The number of pyridine rings is 1. The Morgan fingerprint density at radius 2 is 1.96 bits per heavy atom. The summed E-state index contributed by atoms with van der Waals surface area (Å²) >= 11 is 0. The van der Waals surface area contributed by atoms with Crippen molar-refractivity contribution in [3.63, 3.8) is 0 Å². The Balaban J connectivity index is 1.80. The van der Waals surface area contributed by atoms with Crippen LogP contribution in [0.25, 0.3) is 5.52 Å². The van der Waals surface area contributed by atoms with Gasteiger partial charge in [0.15, 0.2) is 0 Å². The Labute approximate surface area is 146 Å². The number of fused-ring (bicyclic) bond motifs is 1. The van der Waals surface area contributed by atoms with Crippen LogP contribution in [0.3, 0.4) is 0 Å². The summed E-state index contributed by atoms with van der Waals surface area (Å²) in [5.74, 6) is 0.603. The van der Waals surface area contributed by atoms with E-state index >= 15 is 0 Å². The largest absolute Gasteiger partial charge is 0.487 e. The summed E-state index contributed by atoms with van der Waals surface area (Å²) in [6.07, 6.45) is 2.92. The van der Waals surface area contributed by atoms with Crippen molar-refractivity contribution in [3.05, 3.63) is 60.4 Å². The Bertz CT molecular complexity index is 867. The summed E-state index contributed by atoms with van der Waals surface area (Å²) in [4.78, 5) is 12.1. The highest BCUT2D eigenvalue weighted by molar-refractivity contribution is 5.91. The molecule has 3 aromatic rings. The molecule has 1 amide bonds.